The van der Waals surface area contributed by atoms with E-state index in [0.717, 1.165) is 32.1 Å². The third-order valence-corrected chi connectivity index (χ3v) is 5.89. The summed E-state index contributed by atoms with van der Waals surface area (Å²) in [4.78, 5) is 4.46. The van der Waals surface area contributed by atoms with Crippen LogP contribution >= 0.6 is 24.0 Å². The molecule has 0 bridgehead atoms. The molecule has 0 radical (unpaired) electrons. The van der Waals surface area contributed by atoms with Crippen molar-refractivity contribution in [2.45, 2.75) is 40.0 Å². The summed E-state index contributed by atoms with van der Waals surface area (Å²) in [6.07, 6.45) is 3.49. The lowest BCUT2D eigenvalue weighted by molar-refractivity contribution is 0.123. The van der Waals surface area contributed by atoms with E-state index in [0.29, 0.717) is 32.1 Å². The first-order chi connectivity index (χ1) is 11.5. The standard InChI is InChI=1S/C16H34N4O3S.HI/c1-4-17-16(18-10-7-12-23-14-15-8-9-15)19-11-13-24(21,22)20(5-2)6-3;/h15H,4-14H2,1-3H3,(H2,17,18,19);1H. The van der Waals surface area contributed by atoms with Crippen LogP contribution in [0.3, 0.4) is 0 Å². The first kappa shape index (κ1) is 24.9. The predicted molar refractivity (Wildman–Crippen MR) is 114 cm³/mol. The number of halogens is 1. The Morgan fingerprint density at radius 3 is 2.44 bits per heavy atom. The predicted octanol–water partition coefficient (Wildman–Crippen LogP) is 1.65. The molecule has 0 spiro atoms. The van der Waals surface area contributed by atoms with Crippen molar-refractivity contribution in [2.24, 2.45) is 10.9 Å². The maximum Gasteiger partial charge on any atom is 0.215 e. The van der Waals surface area contributed by atoms with Crippen LogP contribution in [0.2, 0.25) is 0 Å². The summed E-state index contributed by atoms with van der Waals surface area (Å²) in [5.74, 6) is 1.53. The first-order valence-electron chi connectivity index (χ1n) is 9.11. The number of guanidine groups is 1. The highest BCUT2D eigenvalue weighted by molar-refractivity contribution is 14.0. The highest BCUT2D eigenvalue weighted by atomic mass is 127. The molecule has 1 saturated carbocycles. The lowest BCUT2D eigenvalue weighted by Gasteiger charge is -2.19. The van der Waals surface area contributed by atoms with Crippen LogP contribution in [0.25, 0.3) is 0 Å². The fourth-order valence-corrected chi connectivity index (χ4v) is 3.68. The number of aliphatic imine (C=N–C) groups is 1. The molecule has 2 N–H and O–H groups in total. The molecule has 9 heteroatoms. The summed E-state index contributed by atoms with van der Waals surface area (Å²) in [5, 5.41) is 6.23. The van der Waals surface area contributed by atoms with Gasteiger partial charge in [0.05, 0.1) is 5.75 Å². The van der Waals surface area contributed by atoms with Crippen molar-refractivity contribution in [2.75, 3.05) is 51.7 Å². The van der Waals surface area contributed by atoms with Gasteiger partial charge in [-0.3, -0.25) is 4.99 Å². The van der Waals surface area contributed by atoms with Gasteiger partial charge >= 0.3 is 0 Å². The zero-order chi connectivity index (χ0) is 17.8. The van der Waals surface area contributed by atoms with E-state index in [1.165, 1.54) is 17.1 Å². The number of hydrogen-bond donors (Lipinski definition) is 2. The monoisotopic (exact) mass is 490 g/mol. The van der Waals surface area contributed by atoms with E-state index in [4.69, 9.17) is 4.74 Å². The maximum atomic E-state index is 12.1. The zero-order valence-electron chi connectivity index (χ0n) is 15.8. The second-order valence-electron chi connectivity index (χ2n) is 5.96. The Morgan fingerprint density at radius 2 is 1.88 bits per heavy atom. The molecular weight excluding hydrogens is 455 g/mol. The molecule has 0 aromatic carbocycles. The van der Waals surface area contributed by atoms with Crippen LogP contribution in [0, 0.1) is 5.92 Å². The Labute approximate surface area is 170 Å². The smallest absolute Gasteiger partial charge is 0.215 e. The van der Waals surface area contributed by atoms with Crippen LogP contribution < -0.4 is 10.6 Å². The van der Waals surface area contributed by atoms with Crippen molar-refractivity contribution in [1.82, 2.24) is 14.9 Å². The van der Waals surface area contributed by atoms with E-state index in [-0.39, 0.29) is 29.7 Å². The van der Waals surface area contributed by atoms with Gasteiger partial charge in [0, 0.05) is 45.9 Å². The minimum atomic E-state index is -3.20. The van der Waals surface area contributed by atoms with E-state index >= 15 is 0 Å². The number of nitrogens with zero attached hydrogens (tertiary/aromatic N) is 2. The van der Waals surface area contributed by atoms with Gasteiger partial charge < -0.3 is 15.4 Å². The molecule has 0 unspecified atom stereocenters. The van der Waals surface area contributed by atoms with Crippen molar-refractivity contribution in [3.8, 4) is 0 Å². The lowest BCUT2D eigenvalue weighted by atomic mass is 10.4. The molecule has 150 valence electrons. The molecule has 0 amide bonds. The van der Waals surface area contributed by atoms with Crippen LogP contribution in [0.4, 0.5) is 0 Å². The topological polar surface area (TPSA) is 83.0 Å². The van der Waals surface area contributed by atoms with Crippen LogP contribution in [-0.4, -0.2) is 70.4 Å². The minimum Gasteiger partial charge on any atom is -0.381 e. The summed E-state index contributed by atoms with van der Waals surface area (Å²) in [5.41, 5.74) is 0. The molecule has 1 aliphatic rings. The highest BCUT2D eigenvalue weighted by Gasteiger charge is 2.20. The van der Waals surface area contributed by atoms with Gasteiger partial charge in [-0.1, -0.05) is 13.8 Å². The van der Waals surface area contributed by atoms with Gasteiger partial charge in [0.25, 0.3) is 0 Å². The number of ether oxygens (including phenoxy) is 1. The molecule has 0 aromatic heterocycles. The summed E-state index contributed by atoms with van der Waals surface area (Å²) in [7, 11) is -3.20. The van der Waals surface area contributed by atoms with Crippen molar-refractivity contribution in [3.63, 3.8) is 0 Å². The second-order valence-corrected chi connectivity index (χ2v) is 8.05. The summed E-state index contributed by atoms with van der Waals surface area (Å²) >= 11 is 0. The Hall–Kier alpha value is -0.130. The van der Waals surface area contributed by atoms with Crippen LogP contribution in [-0.2, 0) is 14.8 Å². The van der Waals surface area contributed by atoms with Crippen molar-refractivity contribution >= 4 is 40.0 Å². The number of hydrogen-bond acceptors (Lipinski definition) is 4. The van der Waals surface area contributed by atoms with Gasteiger partial charge in [-0.05, 0) is 32.1 Å². The molecule has 0 atom stereocenters. The molecule has 0 aliphatic heterocycles. The third kappa shape index (κ3) is 11.2. The van der Waals surface area contributed by atoms with E-state index in [2.05, 4.69) is 15.6 Å². The molecule has 25 heavy (non-hydrogen) atoms. The number of nitrogens with one attached hydrogen (secondary N) is 2. The molecule has 1 fully saturated rings. The number of rotatable bonds is 13. The van der Waals surface area contributed by atoms with Gasteiger partial charge in [0.2, 0.25) is 10.0 Å². The van der Waals surface area contributed by atoms with Gasteiger partial charge in [0.1, 0.15) is 0 Å². The van der Waals surface area contributed by atoms with E-state index in [1.807, 2.05) is 20.8 Å². The van der Waals surface area contributed by atoms with Crippen LogP contribution in [0.15, 0.2) is 4.99 Å². The van der Waals surface area contributed by atoms with Crippen molar-refractivity contribution < 1.29 is 13.2 Å². The Kier molecular flexibility index (Phi) is 13.9. The highest BCUT2D eigenvalue weighted by Crippen LogP contribution is 2.28. The lowest BCUT2D eigenvalue weighted by Crippen LogP contribution is -2.42. The quantitative estimate of drug-likeness (QED) is 0.178. The molecule has 1 rings (SSSR count). The molecule has 7 nitrogen and oxygen atoms in total. The van der Waals surface area contributed by atoms with Crippen LogP contribution in [0.1, 0.15) is 40.0 Å². The maximum absolute atomic E-state index is 12.1. The molecule has 1 aliphatic carbocycles. The van der Waals surface area contributed by atoms with E-state index in [1.54, 1.807) is 0 Å². The average molecular weight is 490 g/mol. The second kappa shape index (κ2) is 14.0. The molecule has 0 heterocycles. The third-order valence-electron chi connectivity index (χ3n) is 3.86. The SMILES string of the molecule is CCNC(=NCCCOCC1CC1)NCCS(=O)(=O)N(CC)CC.I. The first-order valence-corrected chi connectivity index (χ1v) is 10.7. The summed E-state index contributed by atoms with van der Waals surface area (Å²) < 4.78 is 31.3. The normalized spacial score (nSPS) is 15.1. The fraction of sp³-hybridized carbons (Fsp3) is 0.938. The molecule has 0 aromatic rings. The Balaban J connectivity index is 0.00000576. The Bertz CT molecular complexity index is 466. The number of sulfonamides is 1. The molecule has 0 saturated heterocycles. The van der Waals surface area contributed by atoms with Crippen LogP contribution in [0.5, 0.6) is 0 Å². The van der Waals surface area contributed by atoms with Gasteiger partial charge in [-0.15, -0.1) is 24.0 Å². The van der Waals surface area contributed by atoms with Crippen molar-refractivity contribution in [1.29, 1.82) is 0 Å². The van der Waals surface area contributed by atoms with Gasteiger partial charge in [0.15, 0.2) is 5.96 Å². The summed E-state index contributed by atoms with van der Waals surface area (Å²) in [6.45, 7) is 10.1. The van der Waals surface area contributed by atoms with E-state index in [9.17, 15) is 8.42 Å². The Morgan fingerprint density at radius 1 is 1.20 bits per heavy atom. The average Bonchev–Trinajstić information content (AvgIpc) is 3.35. The summed E-state index contributed by atoms with van der Waals surface area (Å²) in [6, 6.07) is 0. The zero-order valence-corrected chi connectivity index (χ0v) is 18.9. The largest absolute Gasteiger partial charge is 0.381 e. The minimum absolute atomic E-state index is 0. The van der Waals surface area contributed by atoms with Crippen molar-refractivity contribution in [3.05, 3.63) is 0 Å². The van der Waals surface area contributed by atoms with Gasteiger partial charge in [-0.25, -0.2) is 12.7 Å². The fourth-order valence-electron chi connectivity index (χ4n) is 2.28. The van der Waals surface area contributed by atoms with E-state index < -0.39 is 10.0 Å². The molecular formula is C16H35IN4O3S. The van der Waals surface area contributed by atoms with Gasteiger partial charge in [-0.2, -0.15) is 0 Å².